The molecule has 0 amide bonds. The predicted octanol–water partition coefficient (Wildman–Crippen LogP) is 4.04. The summed E-state index contributed by atoms with van der Waals surface area (Å²) in [7, 11) is 0. The minimum absolute atomic E-state index is 0.565. The van der Waals surface area contributed by atoms with Gasteiger partial charge >= 0.3 is 6.18 Å². The third-order valence-electron chi connectivity index (χ3n) is 3.44. The van der Waals surface area contributed by atoms with E-state index in [1.165, 1.54) is 12.1 Å². The molecule has 17 heavy (non-hydrogen) atoms. The van der Waals surface area contributed by atoms with Crippen LogP contribution in [0.4, 0.5) is 13.2 Å². The van der Waals surface area contributed by atoms with Crippen LogP contribution in [0.15, 0.2) is 24.3 Å². The van der Waals surface area contributed by atoms with E-state index in [4.69, 9.17) is 0 Å². The van der Waals surface area contributed by atoms with Crippen molar-refractivity contribution >= 4 is 0 Å². The molecule has 1 aliphatic carbocycles. The predicted molar refractivity (Wildman–Crippen MR) is 57.2 cm³/mol. The molecule has 4 heteroatoms. The molecule has 0 heterocycles. The zero-order valence-corrected chi connectivity index (χ0v) is 9.22. The van der Waals surface area contributed by atoms with Crippen molar-refractivity contribution in [2.24, 2.45) is 0 Å². The summed E-state index contributed by atoms with van der Waals surface area (Å²) in [4.78, 5) is 0. The second-order valence-corrected chi connectivity index (χ2v) is 4.48. The molecule has 0 saturated heterocycles. The van der Waals surface area contributed by atoms with Crippen LogP contribution in [-0.2, 0) is 11.6 Å². The molecule has 0 bridgehead atoms. The fourth-order valence-electron chi connectivity index (χ4n) is 2.42. The van der Waals surface area contributed by atoms with Crippen molar-refractivity contribution < 1.29 is 13.2 Å². The second kappa shape index (κ2) is 4.06. The largest absolute Gasteiger partial charge is 0.416 e. The molecule has 0 aromatic heterocycles. The van der Waals surface area contributed by atoms with Crippen molar-refractivity contribution in [3.63, 3.8) is 0 Å². The molecule has 2 rings (SSSR count). The molecular formula is C13H12F3N. The summed E-state index contributed by atoms with van der Waals surface area (Å²) < 4.78 is 37.2. The number of nitrogens with zero attached hydrogens (tertiary/aromatic N) is 1. The molecule has 90 valence electrons. The first-order valence-corrected chi connectivity index (χ1v) is 5.57. The second-order valence-electron chi connectivity index (χ2n) is 4.48. The van der Waals surface area contributed by atoms with E-state index in [9.17, 15) is 18.4 Å². The number of benzene rings is 1. The van der Waals surface area contributed by atoms with Crippen LogP contribution in [0.3, 0.4) is 0 Å². The van der Waals surface area contributed by atoms with Crippen molar-refractivity contribution in [2.75, 3.05) is 0 Å². The van der Waals surface area contributed by atoms with E-state index >= 15 is 0 Å². The molecule has 1 aromatic carbocycles. The molecule has 1 fully saturated rings. The minimum Gasteiger partial charge on any atom is -0.197 e. The van der Waals surface area contributed by atoms with Crippen LogP contribution < -0.4 is 0 Å². The third-order valence-corrected chi connectivity index (χ3v) is 3.44. The van der Waals surface area contributed by atoms with E-state index in [1.54, 1.807) is 0 Å². The summed E-state index contributed by atoms with van der Waals surface area (Å²) in [5.41, 5.74) is -0.512. The Morgan fingerprint density at radius 3 is 2.00 bits per heavy atom. The lowest BCUT2D eigenvalue weighted by atomic mass is 9.80. The first-order valence-electron chi connectivity index (χ1n) is 5.57. The molecular weight excluding hydrogens is 227 g/mol. The van der Waals surface area contributed by atoms with Crippen LogP contribution in [0.25, 0.3) is 0 Å². The maximum absolute atomic E-state index is 12.4. The zero-order valence-electron chi connectivity index (χ0n) is 9.22. The Morgan fingerprint density at radius 2 is 1.59 bits per heavy atom. The summed E-state index contributed by atoms with van der Waals surface area (Å²) in [6.07, 6.45) is -0.888. The van der Waals surface area contributed by atoms with Crippen LogP contribution in [0.1, 0.15) is 36.8 Å². The Morgan fingerprint density at radius 1 is 1.06 bits per heavy atom. The van der Waals surface area contributed by atoms with E-state index < -0.39 is 17.2 Å². The van der Waals surface area contributed by atoms with Crippen LogP contribution in [0.2, 0.25) is 0 Å². The molecule has 1 saturated carbocycles. The number of hydrogen-bond donors (Lipinski definition) is 0. The number of nitriles is 1. The van der Waals surface area contributed by atoms with Crippen molar-refractivity contribution in [3.8, 4) is 6.07 Å². The molecule has 0 spiro atoms. The lowest BCUT2D eigenvalue weighted by Gasteiger charge is -2.21. The fraction of sp³-hybridized carbons (Fsp3) is 0.462. The summed E-state index contributed by atoms with van der Waals surface area (Å²) in [5, 5.41) is 9.23. The van der Waals surface area contributed by atoms with Gasteiger partial charge in [-0.3, -0.25) is 0 Å². The van der Waals surface area contributed by atoms with Gasteiger partial charge in [0.1, 0.15) is 0 Å². The topological polar surface area (TPSA) is 23.8 Å². The summed E-state index contributed by atoms with van der Waals surface area (Å²) >= 11 is 0. The van der Waals surface area contributed by atoms with Gasteiger partial charge in [-0.2, -0.15) is 18.4 Å². The highest BCUT2D eigenvalue weighted by Crippen LogP contribution is 2.41. The van der Waals surface area contributed by atoms with Gasteiger partial charge in [0.05, 0.1) is 17.0 Å². The smallest absolute Gasteiger partial charge is 0.197 e. The minimum atomic E-state index is -4.31. The highest BCUT2D eigenvalue weighted by atomic mass is 19.4. The van der Waals surface area contributed by atoms with Crippen LogP contribution in [-0.4, -0.2) is 0 Å². The monoisotopic (exact) mass is 239 g/mol. The third kappa shape index (κ3) is 2.14. The van der Waals surface area contributed by atoms with Gasteiger partial charge in [-0.25, -0.2) is 0 Å². The number of rotatable bonds is 1. The Kier molecular flexibility index (Phi) is 2.86. The lowest BCUT2D eigenvalue weighted by molar-refractivity contribution is -0.137. The highest BCUT2D eigenvalue weighted by molar-refractivity contribution is 5.36. The quantitative estimate of drug-likeness (QED) is 0.725. The molecule has 0 radical (unpaired) electrons. The van der Waals surface area contributed by atoms with Gasteiger partial charge in [0, 0.05) is 0 Å². The Hall–Kier alpha value is -1.50. The van der Waals surface area contributed by atoms with Crippen LogP contribution >= 0.6 is 0 Å². The summed E-state index contributed by atoms with van der Waals surface area (Å²) in [6.45, 7) is 0. The maximum atomic E-state index is 12.4. The number of hydrogen-bond acceptors (Lipinski definition) is 1. The molecule has 0 atom stereocenters. The average molecular weight is 239 g/mol. The highest BCUT2D eigenvalue weighted by Gasteiger charge is 2.37. The van der Waals surface area contributed by atoms with Crippen LogP contribution in [0, 0.1) is 11.3 Å². The maximum Gasteiger partial charge on any atom is 0.416 e. The zero-order chi connectivity index (χ0) is 12.5. The van der Waals surface area contributed by atoms with Gasteiger partial charge in [0.2, 0.25) is 0 Å². The van der Waals surface area contributed by atoms with E-state index in [1.807, 2.05) is 0 Å². The van der Waals surface area contributed by atoms with E-state index in [2.05, 4.69) is 6.07 Å². The van der Waals surface area contributed by atoms with Crippen molar-refractivity contribution in [1.82, 2.24) is 0 Å². The SMILES string of the molecule is N#CC1(c2ccc(C(F)(F)F)cc2)CCCC1. The van der Waals surface area contributed by atoms with Crippen molar-refractivity contribution in [1.29, 1.82) is 5.26 Å². The molecule has 0 N–H and O–H groups in total. The van der Waals surface area contributed by atoms with Crippen molar-refractivity contribution in [3.05, 3.63) is 35.4 Å². The van der Waals surface area contributed by atoms with Gasteiger partial charge in [-0.1, -0.05) is 25.0 Å². The number of halogens is 3. The molecule has 1 nitrogen and oxygen atoms in total. The van der Waals surface area contributed by atoms with Gasteiger partial charge in [0.25, 0.3) is 0 Å². The number of alkyl halides is 3. The van der Waals surface area contributed by atoms with E-state index in [-0.39, 0.29) is 0 Å². The lowest BCUT2D eigenvalue weighted by Crippen LogP contribution is -2.19. The van der Waals surface area contributed by atoms with Crippen LogP contribution in [0.5, 0.6) is 0 Å². The Balaban J connectivity index is 2.33. The molecule has 1 aromatic rings. The van der Waals surface area contributed by atoms with Gasteiger partial charge in [-0.15, -0.1) is 0 Å². The van der Waals surface area contributed by atoms with Gasteiger partial charge in [0.15, 0.2) is 0 Å². The normalized spacial score (nSPS) is 18.9. The Labute approximate surface area is 97.9 Å². The fourth-order valence-corrected chi connectivity index (χ4v) is 2.42. The standard InChI is InChI=1S/C13H12F3N/c14-13(15,16)11-5-3-10(4-6-11)12(9-17)7-1-2-8-12/h3-6H,1-2,7-8H2. The first-order chi connectivity index (χ1) is 7.98. The van der Waals surface area contributed by atoms with E-state index in [0.29, 0.717) is 5.56 Å². The van der Waals surface area contributed by atoms with Gasteiger partial charge < -0.3 is 0 Å². The Bertz CT molecular complexity index is 433. The van der Waals surface area contributed by atoms with E-state index in [0.717, 1.165) is 37.8 Å². The first kappa shape index (κ1) is 12.0. The molecule has 0 aliphatic heterocycles. The van der Waals surface area contributed by atoms with Gasteiger partial charge in [-0.05, 0) is 30.5 Å². The molecule has 1 aliphatic rings. The summed E-state index contributed by atoms with van der Waals surface area (Å²) in [6, 6.07) is 7.28. The van der Waals surface area contributed by atoms with Crippen molar-refractivity contribution in [2.45, 2.75) is 37.3 Å². The molecule has 0 unspecified atom stereocenters. The average Bonchev–Trinajstić information content (AvgIpc) is 2.78. The summed E-state index contributed by atoms with van der Waals surface area (Å²) in [5.74, 6) is 0.